The number of nitrogens with zero attached hydrogens (tertiary/aromatic N) is 2. The Kier molecular flexibility index (Phi) is 9.36. The summed E-state index contributed by atoms with van der Waals surface area (Å²) in [6.45, 7) is 11.6. The van der Waals surface area contributed by atoms with Crippen LogP contribution in [0.4, 0.5) is 16.3 Å². The van der Waals surface area contributed by atoms with Gasteiger partial charge in [-0.2, -0.15) is 5.10 Å². The Morgan fingerprint density at radius 1 is 0.933 bits per heavy atom. The molecule has 0 saturated carbocycles. The van der Waals surface area contributed by atoms with Crippen molar-refractivity contribution < 1.29 is 17.9 Å². The molecule has 0 bridgehead atoms. The lowest BCUT2D eigenvalue weighted by molar-refractivity contribution is 0.262. The minimum atomic E-state index is -3.80. The zero-order valence-corrected chi connectivity index (χ0v) is 27.7. The van der Waals surface area contributed by atoms with E-state index in [0.717, 1.165) is 48.4 Å². The lowest BCUT2D eigenvalue weighted by atomic mass is 9.90. The maximum Gasteiger partial charge on any atom is 0.324 e. The average molecular weight is 630 g/mol. The van der Waals surface area contributed by atoms with Crippen LogP contribution in [0.3, 0.4) is 0 Å². The maximum atomic E-state index is 14.3. The Morgan fingerprint density at radius 2 is 1.58 bits per heavy atom. The van der Waals surface area contributed by atoms with Crippen LogP contribution in [-0.4, -0.2) is 44.4 Å². The number of amides is 2. The molecule has 238 valence electrons. The highest BCUT2D eigenvalue weighted by molar-refractivity contribution is 7.91. The van der Waals surface area contributed by atoms with E-state index in [1.807, 2.05) is 50.2 Å². The van der Waals surface area contributed by atoms with E-state index in [-0.39, 0.29) is 16.2 Å². The van der Waals surface area contributed by atoms with Crippen LogP contribution < -0.4 is 20.7 Å². The second kappa shape index (κ2) is 13.1. The Morgan fingerprint density at radius 3 is 2.20 bits per heavy atom. The summed E-state index contributed by atoms with van der Waals surface area (Å²) in [5, 5.41) is 13.2. The molecular formula is C35H43N5O4S. The minimum Gasteiger partial charge on any atom is -0.495 e. The molecule has 5 rings (SSSR count). The lowest BCUT2D eigenvalue weighted by Crippen LogP contribution is -2.33. The summed E-state index contributed by atoms with van der Waals surface area (Å²) >= 11 is 0. The Balaban J connectivity index is 1.40. The van der Waals surface area contributed by atoms with Gasteiger partial charge in [0.2, 0.25) is 0 Å². The molecule has 1 aromatic heterocycles. The van der Waals surface area contributed by atoms with Gasteiger partial charge in [-0.25, -0.2) is 17.9 Å². The number of urea groups is 1. The van der Waals surface area contributed by atoms with Crippen molar-refractivity contribution in [2.75, 3.05) is 30.8 Å². The summed E-state index contributed by atoms with van der Waals surface area (Å²) in [6.07, 6.45) is 1.48. The number of benzene rings is 3. The molecule has 1 aliphatic heterocycles. The number of sulfone groups is 1. The van der Waals surface area contributed by atoms with Gasteiger partial charge in [-0.05, 0) is 93.2 Å². The van der Waals surface area contributed by atoms with Crippen molar-refractivity contribution in [2.45, 2.75) is 63.0 Å². The third kappa shape index (κ3) is 7.23. The van der Waals surface area contributed by atoms with E-state index in [1.54, 1.807) is 41.1 Å². The monoisotopic (exact) mass is 629 g/mol. The van der Waals surface area contributed by atoms with Gasteiger partial charge < -0.3 is 15.4 Å². The summed E-state index contributed by atoms with van der Waals surface area (Å²) in [4.78, 5) is 13.4. The molecule has 3 aromatic carbocycles. The number of anilines is 2. The van der Waals surface area contributed by atoms with Gasteiger partial charge in [0.25, 0.3) is 0 Å². The Bertz CT molecular complexity index is 1750. The molecule has 45 heavy (non-hydrogen) atoms. The molecule has 1 fully saturated rings. The summed E-state index contributed by atoms with van der Waals surface area (Å²) in [5.41, 5.74) is 4.68. The summed E-state index contributed by atoms with van der Waals surface area (Å²) in [5.74, 6) is 0.818. The van der Waals surface area contributed by atoms with Crippen molar-refractivity contribution in [3.8, 4) is 11.4 Å². The molecule has 9 nitrogen and oxygen atoms in total. The summed E-state index contributed by atoms with van der Waals surface area (Å²) in [6, 6.07) is 21.8. The molecule has 4 aromatic rings. The van der Waals surface area contributed by atoms with Crippen molar-refractivity contribution in [1.82, 2.24) is 15.1 Å². The van der Waals surface area contributed by atoms with Gasteiger partial charge in [-0.15, -0.1) is 0 Å². The number of hydrogen-bond donors (Lipinski definition) is 3. The first-order chi connectivity index (χ1) is 21.4. The molecule has 1 saturated heterocycles. The van der Waals surface area contributed by atoms with Crippen LogP contribution in [-0.2, 0) is 15.3 Å². The molecule has 0 spiro atoms. The van der Waals surface area contributed by atoms with Gasteiger partial charge >= 0.3 is 6.03 Å². The highest BCUT2D eigenvalue weighted by Crippen LogP contribution is 2.42. The predicted molar refractivity (Wildman–Crippen MR) is 179 cm³/mol. The van der Waals surface area contributed by atoms with Crippen LogP contribution >= 0.6 is 0 Å². The van der Waals surface area contributed by atoms with E-state index in [0.29, 0.717) is 22.8 Å². The molecule has 1 aliphatic rings. The van der Waals surface area contributed by atoms with E-state index in [9.17, 15) is 13.2 Å². The van der Waals surface area contributed by atoms with E-state index in [4.69, 9.17) is 9.84 Å². The fourth-order valence-corrected chi connectivity index (χ4v) is 8.10. The smallest absolute Gasteiger partial charge is 0.324 e. The average Bonchev–Trinajstić information content (AvgIpc) is 3.43. The van der Waals surface area contributed by atoms with Crippen LogP contribution in [0.25, 0.3) is 5.69 Å². The zero-order valence-electron chi connectivity index (χ0n) is 26.8. The molecule has 0 aliphatic carbocycles. The molecular weight excluding hydrogens is 586 g/mol. The standard InChI is InChI=1S/C35H43N5O4S/c1-23-7-14-28(15-8-23)40-32(22-31(39-40)35(3,4)5)38-34(41)37-27-12-10-25(11-13-27)33(26-17-19-36-20-18-26)45(42,43)30-21-24(2)9-16-29(30)44-6/h7-16,21-22,26,33,36H,17-20H2,1-6H3,(H2,37,38,41). The van der Waals surface area contributed by atoms with Crippen molar-refractivity contribution in [2.24, 2.45) is 5.92 Å². The number of carbonyl (C=O) groups excluding carboxylic acids is 1. The first kappa shape index (κ1) is 32.2. The number of hydrogen-bond acceptors (Lipinski definition) is 6. The number of rotatable bonds is 8. The van der Waals surface area contributed by atoms with Crippen molar-refractivity contribution in [1.29, 1.82) is 0 Å². The van der Waals surface area contributed by atoms with Crippen LogP contribution in [0.1, 0.15) is 61.2 Å². The van der Waals surface area contributed by atoms with Gasteiger partial charge in [0.15, 0.2) is 9.84 Å². The summed E-state index contributed by atoms with van der Waals surface area (Å²) in [7, 11) is -2.31. The van der Waals surface area contributed by atoms with Gasteiger partial charge in [-0.1, -0.05) is 56.7 Å². The second-order valence-corrected chi connectivity index (χ2v) is 14.9. The number of ether oxygens (including phenoxy) is 1. The van der Waals surface area contributed by atoms with Gasteiger partial charge in [0, 0.05) is 17.2 Å². The van der Waals surface area contributed by atoms with Gasteiger partial charge in [0.05, 0.1) is 23.7 Å². The predicted octanol–water partition coefficient (Wildman–Crippen LogP) is 6.95. The third-order valence-corrected chi connectivity index (χ3v) is 10.5. The van der Waals surface area contributed by atoms with Crippen LogP contribution in [0.5, 0.6) is 5.75 Å². The molecule has 2 heterocycles. The number of aryl methyl sites for hydroxylation is 2. The Labute approximate surface area is 266 Å². The van der Waals surface area contributed by atoms with E-state index in [1.165, 1.54) is 7.11 Å². The highest BCUT2D eigenvalue weighted by Gasteiger charge is 2.38. The quantitative estimate of drug-likeness (QED) is 0.194. The van der Waals surface area contributed by atoms with E-state index in [2.05, 4.69) is 36.7 Å². The number of aromatic nitrogens is 2. The van der Waals surface area contributed by atoms with Crippen molar-refractivity contribution in [3.63, 3.8) is 0 Å². The van der Waals surface area contributed by atoms with Crippen LogP contribution in [0, 0.1) is 19.8 Å². The number of piperidine rings is 1. The normalized spacial score (nSPS) is 15.0. The maximum absolute atomic E-state index is 14.3. The number of carbonyl (C=O) groups is 1. The first-order valence-electron chi connectivity index (χ1n) is 15.3. The molecule has 2 amide bonds. The largest absolute Gasteiger partial charge is 0.495 e. The van der Waals surface area contributed by atoms with E-state index < -0.39 is 21.1 Å². The Hall–Kier alpha value is -4.15. The molecule has 10 heteroatoms. The third-order valence-electron chi connectivity index (χ3n) is 8.27. The number of nitrogens with one attached hydrogen (secondary N) is 3. The SMILES string of the molecule is COc1ccc(C)cc1S(=O)(=O)C(c1ccc(NC(=O)Nc2cc(C(C)(C)C)nn2-c2ccc(C)cc2)cc1)C1CCNCC1. The topological polar surface area (TPSA) is 114 Å². The van der Waals surface area contributed by atoms with Crippen LogP contribution in [0.2, 0.25) is 0 Å². The highest BCUT2D eigenvalue weighted by atomic mass is 32.2. The fraction of sp³-hybridized carbons (Fsp3) is 0.371. The minimum absolute atomic E-state index is 0.0670. The molecule has 0 radical (unpaired) electrons. The van der Waals surface area contributed by atoms with Gasteiger partial charge in [0.1, 0.15) is 16.5 Å². The van der Waals surface area contributed by atoms with Crippen molar-refractivity contribution >= 4 is 27.4 Å². The molecule has 3 N–H and O–H groups in total. The molecule has 1 unspecified atom stereocenters. The fourth-order valence-electron chi connectivity index (χ4n) is 5.75. The first-order valence-corrected chi connectivity index (χ1v) is 16.9. The van der Waals surface area contributed by atoms with Gasteiger partial charge in [-0.3, -0.25) is 5.32 Å². The summed E-state index contributed by atoms with van der Waals surface area (Å²) < 4.78 is 35.8. The van der Waals surface area contributed by atoms with E-state index >= 15 is 0 Å². The van der Waals surface area contributed by atoms with Crippen LogP contribution in [0.15, 0.2) is 77.7 Å². The number of methoxy groups -OCH3 is 1. The molecule has 1 atom stereocenters. The second-order valence-electron chi connectivity index (χ2n) is 12.8. The zero-order chi connectivity index (χ0) is 32.4. The van der Waals surface area contributed by atoms with Crippen molar-refractivity contribution in [3.05, 3.63) is 95.2 Å². The lowest BCUT2D eigenvalue weighted by Gasteiger charge is -2.31.